The molecule has 0 aromatic rings. The maximum atomic E-state index is 9.94. The van der Waals surface area contributed by atoms with E-state index in [9.17, 15) is 9.59 Å². The van der Waals surface area contributed by atoms with Crippen LogP contribution in [0.2, 0.25) is 0 Å². The first kappa shape index (κ1) is 10.4. The highest BCUT2D eigenvalue weighted by molar-refractivity contribution is 5.80. The lowest BCUT2D eigenvalue weighted by molar-refractivity contribution is -0.132. The fourth-order valence-electron chi connectivity index (χ4n) is 0.561. The molecule has 0 aromatic carbocycles. The van der Waals surface area contributed by atoms with Gasteiger partial charge in [-0.15, -0.1) is 0 Å². The Labute approximate surface area is 69.8 Å². The first-order valence-electron chi connectivity index (χ1n) is 3.42. The Morgan fingerprint density at radius 2 is 1.25 bits per heavy atom. The van der Waals surface area contributed by atoms with Gasteiger partial charge in [0.15, 0.2) is 0 Å². The monoisotopic (exact) mass is 170 g/mol. The summed E-state index contributed by atoms with van der Waals surface area (Å²) in [4.78, 5) is 19.9. The molecule has 0 bridgehead atoms. The van der Waals surface area contributed by atoms with Gasteiger partial charge in [0, 0.05) is 12.2 Å². The molecule has 0 aromatic heterocycles. The number of carboxylic acid groups (broad SMARTS) is 2. The largest absolute Gasteiger partial charge is 0.478 e. The third kappa shape index (κ3) is 8.42. The highest BCUT2D eigenvalue weighted by atomic mass is 16.4. The van der Waals surface area contributed by atoms with Gasteiger partial charge in [0.1, 0.15) is 0 Å². The molecule has 0 fully saturated rings. The van der Waals surface area contributed by atoms with Crippen molar-refractivity contribution in [2.75, 3.05) is 0 Å². The van der Waals surface area contributed by atoms with E-state index in [1.54, 1.807) is 0 Å². The van der Waals surface area contributed by atoms with Gasteiger partial charge >= 0.3 is 11.9 Å². The predicted octanol–water partition coefficient (Wildman–Crippen LogP) is 1.05. The van der Waals surface area contributed by atoms with E-state index in [4.69, 9.17) is 10.2 Å². The molecular formula is C8H10O4. The summed E-state index contributed by atoms with van der Waals surface area (Å²) in [6.45, 7) is 0. The van der Waals surface area contributed by atoms with Gasteiger partial charge < -0.3 is 10.2 Å². The highest BCUT2D eigenvalue weighted by Crippen LogP contribution is 1.92. The maximum Gasteiger partial charge on any atom is 0.327 e. The number of rotatable bonds is 5. The van der Waals surface area contributed by atoms with E-state index in [0.717, 1.165) is 12.2 Å². The molecule has 0 amide bonds. The van der Waals surface area contributed by atoms with E-state index in [1.165, 1.54) is 12.2 Å². The van der Waals surface area contributed by atoms with Gasteiger partial charge in [0.2, 0.25) is 0 Å². The zero-order chi connectivity index (χ0) is 9.40. The van der Waals surface area contributed by atoms with Crippen molar-refractivity contribution in [1.82, 2.24) is 0 Å². The summed E-state index contributed by atoms with van der Waals surface area (Å²) in [5.74, 6) is -1.98. The molecular weight excluding hydrogens is 160 g/mol. The Balaban J connectivity index is 3.45. The van der Waals surface area contributed by atoms with Gasteiger partial charge in [-0.05, 0) is 12.8 Å². The van der Waals surface area contributed by atoms with E-state index >= 15 is 0 Å². The molecule has 0 atom stereocenters. The van der Waals surface area contributed by atoms with Crippen LogP contribution in [0.1, 0.15) is 12.8 Å². The van der Waals surface area contributed by atoms with Crippen molar-refractivity contribution < 1.29 is 19.8 Å². The number of carboxylic acids is 2. The summed E-state index contributed by atoms with van der Waals surface area (Å²) >= 11 is 0. The highest BCUT2D eigenvalue weighted by Gasteiger charge is 1.85. The van der Waals surface area contributed by atoms with Gasteiger partial charge in [-0.2, -0.15) is 0 Å². The molecule has 12 heavy (non-hydrogen) atoms. The molecule has 0 radical (unpaired) electrons. The fourth-order valence-corrected chi connectivity index (χ4v) is 0.561. The normalized spacial score (nSPS) is 11.0. The molecule has 0 spiro atoms. The molecule has 4 heteroatoms. The van der Waals surface area contributed by atoms with Crippen LogP contribution < -0.4 is 0 Å². The van der Waals surface area contributed by atoms with Crippen LogP contribution in [-0.4, -0.2) is 22.2 Å². The third-order valence-electron chi connectivity index (χ3n) is 1.02. The minimum Gasteiger partial charge on any atom is -0.478 e. The van der Waals surface area contributed by atoms with Crippen LogP contribution in [0.3, 0.4) is 0 Å². The topological polar surface area (TPSA) is 74.6 Å². The minimum absolute atomic E-state index is 0.538. The van der Waals surface area contributed by atoms with Crippen molar-refractivity contribution in [2.24, 2.45) is 0 Å². The van der Waals surface area contributed by atoms with E-state index in [-0.39, 0.29) is 0 Å². The maximum absolute atomic E-state index is 9.94. The van der Waals surface area contributed by atoms with Crippen LogP contribution >= 0.6 is 0 Å². The fraction of sp³-hybridized carbons (Fsp3) is 0.250. The lowest BCUT2D eigenvalue weighted by Crippen LogP contribution is -1.86. The third-order valence-corrected chi connectivity index (χ3v) is 1.02. The van der Waals surface area contributed by atoms with Crippen molar-refractivity contribution in [3.05, 3.63) is 24.3 Å². The predicted molar refractivity (Wildman–Crippen MR) is 42.8 cm³/mol. The molecule has 0 aliphatic carbocycles. The van der Waals surface area contributed by atoms with Gasteiger partial charge in [0.25, 0.3) is 0 Å². The Morgan fingerprint density at radius 3 is 1.50 bits per heavy atom. The number of hydrogen-bond acceptors (Lipinski definition) is 2. The lowest BCUT2D eigenvalue weighted by Gasteiger charge is -1.84. The zero-order valence-corrected chi connectivity index (χ0v) is 6.43. The van der Waals surface area contributed by atoms with E-state index in [1.807, 2.05) is 0 Å². The Hall–Kier alpha value is -1.58. The average molecular weight is 170 g/mol. The second kappa shape index (κ2) is 6.15. The summed E-state index contributed by atoms with van der Waals surface area (Å²) in [5, 5.41) is 16.3. The lowest BCUT2D eigenvalue weighted by atomic mass is 10.2. The number of carbonyl (C=O) groups is 2. The Kier molecular flexibility index (Phi) is 5.34. The molecule has 66 valence electrons. The summed E-state index contributed by atoms with van der Waals surface area (Å²) in [6, 6.07) is 0. The summed E-state index contributed by atoms with van der Waals surface area (Å²) in [7, 11) is 0. The van der Waals surface area contributed by atoms with Crippen LogP contribution in [0, 0.1) is 0 Å². The summed E-state index contributed by atoms with van der Waals surface area (Å²) in [5.41, 5.74) is 0. The molecule has 4 nitrogen and oxygen atoms in total. The van der Waals surface area contributed by atoms with E-state index in [2.05, 4.69) is 0 Å². The van der Waals surface area contributed by atoms with Crippen molar-refractivity contribution in [3.8, 4) is 0 Å². The molecule has 0 saturated carbocycles. The van der Waals surface area contributed by atoms with E-state index < -0.39 is 11.9 Å². The standard InChI is InChI=1S/C8H10O4/c9-7(10)5-3-1-2-4-6-8(11)12/h3-6H,1-2H2,(H,9,10)(H,11,12)/b5-3+,6-4+. The van der Waals surface area contributed by atoms with Crippen LogP contribution in [-0.2, 0) is 9.59 Å². The second-order valence-electron chi connectivity index (χ2n) is 2.06. The molecule has 0 aliphatic heterocycles. The summed E-state index contributed by atoms with van der Waals surface area (Å²) in [6.07, 6.45) is 6.11. The average Bonchev–Trinajstić information content (AvgIpc) is 1.95. The van der Waals surface area contributed by atoms with Crippen molar-refractivity contribution in [2.45, 2.75) is 12.8 Å². The SMILES string of the molecule is O=C(O)/C=C/CC/C=C/C(=O)O. The van der Waals surface area contributed by atoms with Crippen LogP contribution in [0.5, 0.6) is 0 Å². The van der Waals surface area contributed by atoms with Crippen molar-refractivity contribution in [3.63, 3.8) is 0 Å². The molecule has 0 heterocycles. The Bertz CT molecular complexity index is 191. The number of aliphatic carboxylic acids is 2. The first-order chi connectivity index (χ1) is 5.63. The zero-order valence-electron chi connectivity index (χ0n) is 6.43. The van der Waals surface area contributed by atoms with Crippen molar-refractivity contribution >= 4 is 11.9 Å². The molecule has 2 N–H and O–H groups in total. The second-order valence-corrected chi connectivity index (χ2v) is 2.06. The van der Waals surface area contributed by atoms with Gasteiger partial charge in [-0.25, -0.2) is 9.59 Å². The number of hydrogen-bond donors (Lipinski definition) is 2. The van der Waals surface area contributed by atoms with Gasteiger partial charge in [0.05, 0.1) is 0 Å². The molecule has 0 aliphatic rings. The molecule has 0 unspecified atom stereocenters. The van der Waals surface area contributed by atoms with Gasteiger partial charge in [-0.1, -0.05) is 12.2 Å². The number of allylic oxidation sites excluding steroid dienone is 2. The molecule has 0 rings (SSSR count). The number of unbranched alkanes of at least 4 members (excludes halogenated alkanes) is 1. The van der Waals surface area contributed by atoms with Crippen LogP contribution in [0.4, 0.5) is 0 Å². The smallest absolute Gasteiger partial charge is 0.327 e. The van der Waals surface area contributed by atoms with Crippen LogP contribution in [0.25, 0.3) is 0 Å². The Morgan fingerprint density at radius 1 is 0.917 bits per heavy atom. The quantitative estimate of drug-likeness (QED) is 0.477. The van der Waals surface area contributed by atoms with Crippen molar-refractivity contribution in [1.29, 1.82) is 0 Å². The minimum atomic E-state index is -0.989. The molecule has 0 saturated heterocycles. The summed E-state index contributed by atoms with van der Waals surface area (Å²) < 4.78 is 0. The van der Waals surface area contributed by atoms with Crippen LogP contribution in [0.15, 0.2) is 24.3 Å². The first-order valence-corrected chi connectivity index (χ1v) is 3.42. The van der Waals surface area contributed by atoms with Gasteiger partial charge in [-0.3, -0.25) is 0 Å². The van der Waals surface area contributed by atoms with E-state index in [0.29, 0.717) is 12.8 Å².